The van der Waals surface area contributed by atoms with Gasteiger partial charge in [0.15, 0.2) is 0 Å². The van der Waals surface area contributed by atoms with E-state index in [2.05, 4.69) is 24.9 Å². The zero-order valence-corrected chi connectivity index (χ0v) is 19.6. The first kappa shape index (κ1) is 22.3. The van der Waals surface area contributed by atoms with Crippen molar-refractivity contribution in [3.63, 3.8) is 0 Å². The average molecular weight is 456 g/mol. The lowest BCUT2D eigenvalue weighted by atomic mass is 9.94. The van der Waals surface area contributed by atoms with Crippen molar-refractivity contribution in [3.8, 4) is 17.2 Å². The number of carbonyl (C=O) groups excluding carboxylic acids is 1. The number of pyridine rings is 1. The first-order valence-corrected chi connectivity index (χ1v) is 11.4. The Morgan fingerprint density at radius 2 is 1.79 bits per heavy atom. The highest BCUT2D eigenvalue weighted by Gasteiger charge is 2.26. The number of carbonyl (C=O) groups is 1. The predicted octanol–water partition coefficient (Wildman–Crippen LogP) is 5.39. The number of rotatable bonds is 5. The maximum absolute atomic E-state index is 13.3. The topological polar surface area (TPSA) is 109 Å². The largest absolute Gasteiger partial charge is 0.397 e. The molecular formula is C26H25N5OS. The Hall–Kier alpha value is -3.89. The van der Waals surface area contributed by atoms with Gasteiger partial charge in [0, 0.05) is 24.5 Å². The zero-order chi connectivity index (χ0) is 23.7. The number of hydrogen-bond donors (Lipinski definition) is 2. The summed E-state index contributed by atoms with van der Waals surface area (Å²) < 4.78 is 0. The van der Waals surface area contributed by atoms with Crippen LogP contribution in [0, 0.1) is 11.3 Å². The lowest BCUT2D eigenvalue weighted by molar-refractivity contribution is 0.0791. The quantitative estimate of drug-likeness (QED) is 0.419. The molecule has 2 heterocycles. The van der Waals surface area contributed by atoms with Crippen molar-refractivity contribution < 1.29 is 4.79 Å². The molecule has 4 aromatic rings. The van der Waals surface area contributed by atoms with Gasteiger partial charge in [-0.1, -0.05) is 68.4 Å². The van der Waals surface area contributed by atoms with Crippen molar-refractivity contribution in [2.24, 2.45) is 0 Å². The molecule has 0 aliphatic rings. The molecule has 0 fully saturated rings. The van der Waals surface area contributed by atoms with E-state index in [1.807, 2.05) is 54.6 Å². The van der Waals surface area contributed by atoms with E-state index in [0.29, 0.717) is 38.8 Å². The standard InChI is InChI=1S/C26H25N5OS/c1-15(2)17-9-11-18(12-10-17)20-19(13-27)24(29)30-25-21(20)22(28)23(33-25)26(32)31(3)14-16-7-5-4-6-8-16/h4-12,15H,14,28H2,1-3H3,(H2,29,30). The second kappa shape index (κ2) is 8.93. The number of aromatic nitrogens is 1. The van der Waals surface area contributed by atoms with Crippen molar-refractivity contribution in [2.45, 2.75) is 26.3 Å². The van der Waals surface area contributed by atoms with E-state index >= 15 is 0 Å². The fourth-order valence-corrected chi connectivity index (χ4v) is 4.97. The van der Waals surface area contributed by atoms with Crippen molar-refractivity contribution in [2.75, 3.05) is 18.5 Å². The van der Waals surface area contributed by atoms with Crippen LogP contribution in [-0.2, 0) is 6.54 Å². The number of benzene rings is 2. The number of nitrogens with zero attached hydrogens (tertiary/aromatic N) is 3. The zero-order valence-electron chi connectivity index (χ0n) is 18.8. The van der Waals surface area contributed by atoms with E-state index in [9.17, 15) is 10.1 Å². The Kier molecular flexibility index (Phi) is 6.03. The summed E-state index contributed by atoms with van der Waals surface area (Å²) in [7, 11) is 1.74. The van der Waals surface area contributed by atoms with E-state index in [0.717, 1.165) is 11.1 Å². The molecule has 2 aromatic heterocycles. The molecule has 0 radical (unpaired) electrons. The van der Waals surface area contributed by atoms with E-state index in [4.69, 9.17) is 11.5 Å². The minimum atomic E-state index is -0.197. The van der Waals surface area contributed by atoms with Crippen molar-refractivity contribution in [1.82, 2.24) is 9.88 Å². The molecule has 4 rings (SSSR count). The number of nitrogen functional groups attached to an aromatic ring is 2. The molecule has 4 N–H and O–H groups in total. The normalized spacial score (nSPS) is 11.0. The summed E-state index contributed by atoms with van der Waals surface area (Å²) in [6.07, 6.45) is 0. The van der Waals surface area contributed by atoms with Crippen LogP contribution in [0.4, 0.5) is 11.5 Å². The number of fused-ring (bicyclic) bond motifs is 1. The molecule has 0 bridgehead atoms. The van der Waals surface area contributed by atoms with Crippen LogP contribution in [0.25, 0.3) is 21.3 Å². The molecule has 1 amide bonds. The third-order valence-corrected chi connectivity index (χ3v) is 6.77. The number of thiophene rings is 1. The summed E-state index contributed by atoms with van der Waals surface area (Å²) in [5, 5.41) is 10.4. The lowest BCUT2D eigenvalue weighted by Crippen LogP contribution is -2.26. The molecule has 0 saturated carbocycles. The minimum absolute atomic E-state index is 0.130. The highest BCUT2D eigenvalue weighted by Crippen LogP contribution is 2.43. The summed E-state index contributed by atoms with van der Waals surface area (Å²) in [5.41, 5.74) is 16.9. The van der Waals surface area contributed by atoms with Crippen molar-refractivity contribution in [1.29, 1.82) is 5.26 Å². The van der Waals surface area contributed by atoms with E-state index < -0.39 is 0 Å². The van der Waals surface area contributed by atoms with Gasteiger partial charge >= 0.3 is 0 Å². The Labute approximate surface area is 197 Å². The SMILES string of the molecule is CC(C)c1ccc(-c2c(C#N)c(N)nc3sc(C(=O)N(C)Cc4ccccc4)c(N)c23)cc1. The summed E-state index contributed by atoms with van der Waals surface area (Å²) >= 11 is 1.20. The highest BCUT2D eigenvalue weighted by atomic mass is 32.1. The van der Waals surface area contributed by atoms with Gasteiger partial charge in [0.05, 0.1) is 5.69 Å². The summed E-state index contributed by atoms with van der Waals surface area (Å²) in [4.78, 5) is 20.3. The first-order valence-electron chi connectivity index (χ1n) is 10.6. The van der Waals surface area contributed by atoms with Gasteiger partial charge in [-0.15, -0.1) is 11.3 Å². The highest BCUT2D eigenvalue weighted by molar-refractivity contribution is 7.21. The number of nitriles is 1. The van der Waals surface area contributed by atoms with E-state index in [1.54, 1.807) is 11.9 Å². The molecule has 0 aliphatic heterocycles. The summed E-state index contributed by atoms with van der Waals surface area (Å²) in [5.74, 6) is 0.316. The van der Waals surface area contributed by atoms with Crippen molar-refractivity contribution >= 4 is 39.0 Å². The van der Waals surface area contributed by atoms with Crippen LogP contribution >= 0.6 is 11.3 Å². The summed E-state index contributed by atoms with van der Waals surface area (Å²) in [6, 6.07) is 19.9. The fourth-order valence-electron chi connectivity index (χ4n) is 3.87. The molecule has 2 aromatic carbocycles. The number of amides is 1. The van der Waals surface area contributed by atoms with Gasteiger partial charge in [-0.05, 0) is 22.6 Å². The second-order valence-electron chi connectivity index (χ2n) is 8.31. The third kappa shape index (κ3) is 4.13. The molecular weight excluding hydrogens is 430 g/mol. The molecule has 33 heavy (non-hydrogen) atoms. The van der Waals surface area contributed by atoms with E-state index in [-0.39, 0.29) is 17.3 Å². The van der Waals surface area contributed by atoms with Crippen LogP contribution < -0.4 is 11.5 Å². The van der Waals surface area contributed by atoms with Crippen LogP contribution in [0.5, 0.6) is 0 Å². The van der Waals surface area contributed by atoms with Gasteiger partial charge in [-0.3, -0.25) is 4.79 Å². The Morgan fingerprint density at radius 3 is 2.39 bits per heavy atom. The predicted molar refractivity (Wildman–Crippen MR) is 135 cm³/mol. The fraction of sp³-hybridized carbons (Fsp3) is 0.192. The Morgan fingerprint density at radius 1 is 1.12 bits per heavy atom. The molecule has 0 spiro atoms. The Balaban J connectivity index is 1.84. The molecule has 0 atom stereocenters. The smallest absolute Gasteiger partial charge is 0.266 e. The van der Waals surface area contributed by atoms with Crippen LogP contribution in [0.15, 0.2) is 54.6 Å². The first-order chi connectivity index (χ1) is 15.8. The van der Waals surface area contributed by atoms with Gasteiger partial charge in [0.2, 0.25) is 0 Å². The summed E-state index contributed by atoms with van der Waals surface area (Å²) in [6.45, 7) is 4.70. The maximum atomic E-state index is 13.3. The van der Waals surface area contributed by atoms with Gasteiger partial charge in [0.1, 0.15) is 27.2 Å². The van der Waals surface area contributed by atoms with Gasteiger partial charge in [-0.25, -0.2) is 4.98 Å². The average Bonchev–Trinajstić information content (AvgIpc) is 3.13. The molecule has 0 unspecified atom stereocenters. The van der Waals surface area contributed by atoms with E-state index in [1.165, 1.54) is 16.9 Å². The third-order valence-electron chi connectivity index (χ3n) is 5.69. The lowest BCUT2D eigenvalue weighted by Gasteiger charge is -2.17. The number of nitrogens with two attached hydrogens (primary N) is 2. The monoisotopic (exact) mass is 455 g/mol. The minimum Gasteiger partial charge on any atom is -0.397 e. The number of hydrogen-bond acceptors (Lipinski definition) is 6. The molecule has 0 saturated heterocycles. The molecule has 6 nitrogen and oxygen atoms in total. The maximum Gasteiger partial charge on any atom is 0.266 e. The van der Waals surface area contributed by atoms with Crippen molar-refractivity contribution in [3.05, 3.63) is 76.2 Å². The second-order valence-corrected chi connectivity index (χ2v) is 9.31. The van der Waals surface area contributed by atoms with Gasteiger partial charge in [0.25, 0.3) is 5.91 Å². The van der Waals surface area contributed by atoms with Crippen LogP contribution in [0.3, 0.4) is 0 Å². The van der Waals surface area contributed by atoms with Crippen LogP contribution in [0.2, 0.25) is 0 Å². The van der Waals surface area contributed by atoms with Crippen LogP contribution in [0.1, 0.15) is 46.1 Å². The molecule has 7 heteroatoms. The van der Waals surface area contributed by atoms with Crippen LogP contribution in [-0.4, -0.2) is 22.8 Å². The Bertz CT molecular complexity index is 1370. The van der Waals surface area contributed by atoms with Gasteiger partial charge < -0.3 is 16.4 Å². The van der Waals surface area contributed by atoms with Gasteiger partial charge in [-0.2, -0.15) is 5.26 Å². The molecule has 0 aliphatic carbocycles. The number of anilines is 2. The molecule has 166 valence electrons.